The molecule has 0 saturated carbocycles. The number of methoxy groups -OCH3 is 2. The van der Waals surface area contributed by atoms with E-state index in [-0.39, 0.29) is 12.0 Å². The van der Waals surface area contributed by atoms with Crippen molar-refractivity contribution in [3.8, 4) is 5.75 Å². The molecule has 1 aliphatic heterocycles. The van der Waals surface area contributed by atoms with Gasteiger partial charge in [-0.1, -0.05) is 18.2 Å². The van der Waals surface area contributed by atoms with Crippen LogP contribution in [0, 0.1) is 5.92 Å². The Kier molecular flexibility index (Phi) is 6.10. The maximum Gasteiger partial charge on any atom is 0.227 e. The van der Waals surface area contributed by atoms with Gasteiger partial charge in [-0.15, -0.1) is 11.3 Å². The normalized spacial score (nSPS) is 20.5. The molecule has 2 aromatic rings. The molecule has 1 aliphatic rings. The molecular formula is C20H25NO3S. The van der Waals surface area contributed by atoms with Crippen molar-refractivity contribution in [3.63, 3.8) is 0 Å². The van der Waals surface area contributed by atoms with Gasteiger partial charge in [0, 0.05) is 31.0 Å². The number of amides is 1. The maximum atomic E-state index is 12.6. The van der Waals surface area contributed by atoms with Gasteiger partial charge in [0.05, 0.1) is 19.6 Å². The molecule has 0 bridgehead atoms. The summed E-state index contributed by atoms with van der Waals surface area (Å²) in [6.45, 7) is 1.54. The molecule has 0 aliphatic carbocycles. The third kappa shape index (κ3) is 4.61. The van der Waals surface area contributed by atoms with Gasteiger partial charge >= 0.3 is 0 Å². The number of nitrogens with zero attached hydrogens (tertiary/aromatic N) is 1. The number of ether oxygens (including phenoxy) is 2. The van der Waals surface area contributed by atoms with Crippen LogP contribution in [0.5, 0.6) is 5.75 Å². The van der Waals surface area contributed by atoms with Gasteiger partial charge in [-0.3, -0.25) is 4.79 Å². The number of rotatable bonds is 6. The quantitative estimate of drug-likeness (QED) is 0.793. The second-order valence-corrected chi connectivity index (χ2v) is 7.50. The third-order valence-electron chi connectivity index (χ3n) is 4.88. The molecule has 0 unspecified atom stereocenters. The summed E-state index contributed by atoms with van der Waals surface area (Å²) in [5, 5.41) is 2.02. The number of carbonyl (C=O) groups is 1. The van der Waals surface area contributed by atoms with Crippen LogP contribution >= 0.6 is 11.3 Å². The predicted molar refractivity (Wildman–Crippen MR) is 100 cm³/mol. The summed E-state index contributed by atoms with van der Waals surface area (Å²) in [5.41, 5.74) is 1.25. The topological polar surface area (TPSA) is 38.8 Å². The van der Waals surface area contributed by atoms with Crippen LogP contribution in [0.1, 0.15) is 16.9 Å². The highest BCUT2D eigenvalue weighted by Crippen LogP contribution is 2.25. The Balaban J connectivity index is 1.64. The van der Waals surface area contributed by atoms with E-state index in [2.05, 4.69) is 12.1 Å². The number of likely N-dealkylation sites (tertiary alicyclic amines) is 1. The highest BCUT2D eigenvalue weighted by molar-refractivity contribution is 7.10. The molecule has 3 rings (SSSR count). The van der Waals surface area contributed by atoms with Crippen molar-refractivity contribution in [2.75, 3.05) is 27.3 Å². The van der Waals surface area contributed by atoms with Crippen LogP contribution in [0.4, 0.5) is 0 Å². The first kappa shape index (κ1) is 18.0. The second-order valence-electron chi connectivity index (χ2n) is 6.47. The van der Waals surface area contributed by atoms with E-state index in [0.29, 0.717) is 12.3 Å². The number of benzene rings is 1. The van der Waals surface area contributed by atoms with Crippen LogP contribution in [0.3, 0.4) is 0 Å². The molecule has 1 fully saturated rings. The van der Waals surface area contributed by atoms with Crippen molar-refractivity contribution < 1.29 is 14.3 Å². The zero-order valence-electron chi connectivity index (χ0n) is 14.8. The Morgan fingerprint density at radius 3 is 2.68 bits per heavy atom. The van der Waals surface area contributed by atoms with Crippen LogP contribution in [-0.2, 0) is 22.4 Å². The molecule has 2 heterocycles. The molecule has 1 aromatic heterocycles. The van der Waals surface area contributed by atoms with Gasteiger partial charge in [-0.25, -0.2) is 0 Å². The summed E-state index contributed by atoms with van der Waals surface area (Å²) in [5.74, 6) is 1.40. The van der Waals surface area contributed by atoms with E-state index >= 15 is 0 Å². The van der Waals surface area contributed by atoms with E-state index in [1.54, 1.807) is 25.6 Å². The minimum atomic E-state index is 0.202. The fourth-order valence-electron chi connectivity index (χ4n) is 3.48. The number of piperidine rings is 1. The molecule has 0 radical (unpaired) electrons. The van der Waals surface area contributed by atoms with Crippen LogP contribution in [-0.4, -0.2) is 44.2 Å². The van der Waals surface area contributed by atoms with E-state index in [0.717, 1.165) is 36.6 Å². The minimum Gasteiger partial charge on any atom is -0.497 e. The third-order valence-corrected chi connectivity index (χ3v) is 5.76. The van der Waals surface area contributed by atoms with E-state index in [4.69, 9.17) is 9.47 Å². The lowest BCUT2D eigenvalue weighted by Crippen LogP contribution is -2.47. The zero-order valence-corrected chi connectivity index (χ0v) is 15.6. The highest BCUT2D eigenvalue weighted by Gasteiger charge is 2.31. The number of hydrogen-bond donors (Lipinski definition) is 0. The van der Waals surface area contributed by atoms with E-state index in [1.165, 1.54) is 5.56 Å². The molecule has 0 N–H and O–H groups in total. The van der Waals surface area contributed by atoms with Gasteiger partial charge in [0.15, 0.2) is 0 Å². The number of carbonyl (C=O) groups excluding carboxylic acids is 1. The molecule has 134 valence electrons. The summed E-state index contributed by atoms with van der Waals surface area (Å²) >= 11 is 1.64. The lowest BCUT2D eigenvalue weighted by Gasteiger charge is -2.38. The lowest BCUT2D eigenvalue weighted by molar-refractivity contribution is -0.134. The predicted octanol–water partition coefficient (Wildman–Crippen LogP) is 3.41. The molecule has 25 heavy (non-hydrogen) atoms. The Morgan fingerprint density at radius 1 is 1.24 bits per heavy atom. The van der Waals surface area contributed by atoms with Gasteiger partial charge in [0.25, 0.3) is 0 Å². The fraction of sp³-hybridized carbons (Fsp3) is 0.450. The van der Waals surface area contributed by atoms with Crippen molar-refractivity contribution >= 4 is 17.2 Å². The highest BCUT2D eigenvalue weighted by atomic mass is 32.1. The largest absolute Gasteiger partial charge is 0.497 e. The number of hydrogen-bond acceptors (Lipinski definition) is 4. The van der Waals surface area contributed by atoms with Gasteiger partial charge in [0.1, 0.15) is 5.75 Å². The molecule has 1 amide bonds. The van der Waals surface area contributed by atoms with Gasteiger partial charge in [-0.05, 0) is 42.0 Å². The first-order valence-corrected chi connectivity index (χ1v) is 9.53. The average Bonchev–Trinajstić information content (AvgIpc) is 3.15. The second kappa shape index (κ2) is 8.50. The van der Waals surface area contributed by atoms with Crippen molar-refractivity contribution in [1.82, 2.24) is 4.90 Å². The lowest BCUT2D eigenvalue weighted by atomic mass is 9.88. The smallest absolute Gasteiger partial charge is 0.227 e. The minimum absolute atomic E-state index is 0.202. The molecule has 4 nitrogen and oxygen atoms in total. The van der Waals surface area contributed by atoms with Crippen molar-refractivity contribution in [3.05, 3.63) is 52.2 Å². The standard InChI is InChI=1S/C20H25NO3S/c1-23-17-7-5-15(6-8-17)12-16-14-21(10-9-19(16)24-2)20(22)13-18-4-3-11-25-18/h3-8,11,16,19H,9-10,12-14H2,1-2H3/t16-,19+/m0/s1. The van der Waals surface area contributed by atoms with E-state index < -0.39 is 0 Å². The van der Waals surface area contributed by atoms with Gasteiger partial charge in [0.2, 0.25) is 5.91 Å². The average molecular weight is 359 g/mol. The van der Waals surface area contributed by atoms with Crippen LogP contribution in [0.25, 0.3) is 0 Å². The van der Waals surface area contributed by atoms with Crippen molar-refractivity contribution in [2.24, 2.45) is 5.92 Å². The summed E-state index contributed by atoms with van der Waals surface area (Å²) in [7, 11) is 3.45. The van der Waals surface area contributed by atoms with E-state index in [1.807, 2.05) is 34.5 Å². The maximum absolute atomic E-state index is 12.6. The van der Waals surface area contributed by atoms with Crippen LogP contribution in [0.2, 0.25) is 0 Å². The Labute approximate surface area is 153 Å². The molecule has 1 aromatic carbocycles. The Bertz CT molecular complexity index is 669. The fourth-order valence-corrected chi connectivity index (χ4v) is 4.18. The monoisotopic (exact) mass is 359 g/mol. The molecule has 2 atom stereocenters. The molecular weight excluding hydrogens is 334 g/mol. The van der Waals surface area contributed by atoms with Crippen LogP contribution in [0.15, 0.2) is 41.8 Å². The van der Waals surface area contributed by atoms with Gasteiger partial charge in [-0.2, -0.15) is 0 Å². The molecule has 1 saturated heterocycles. The summed E-state index contributed by atoms with van der Waals surface area (Å²) < 4.78 is 10.9. The zero-order chi connectivity index (χ0) is 17.6. The molecule has 0 spiro atoms. The summed E-state index contributed by atoms with van der Waals surface area (Å²) in [6, 6.07) is 12.2. The van der Waals surface area contributed by atoms with Gasteiger partial charge < -0.3 is 14.4 Å². The first-order valence-electron chi connectivity index (χ1n) is 8.65. The SMILES string of the molecule is COc1ccc(C[C@H]2CN(C(=O)Cc3cccs3)CC[C@H]2OC)cc1. The Hall–Kier alpha value is -1.85. The first-order chi connectivity index (χ1) is 12.2. The van der Waals surface area contributed by atoms with E-state index in [9.17, 15) is 4.79 Å². The summed E-state index contributed by atoms with van der Waals surface area (Å²) in [4.78, 5) is 15.8. The molecule has 5 heteroatoms. The summed E-state index contributed by atoms with van der Waals surface area (Å²) in [6.07, 6.45) is 2.51. The Morgan fingerprint density at radius 2 is 2.04 bits per heavy atom. The van der Waals surface area contributed by atoms with Crippen molar-refractivity contribution in [1.29, 1.82) is 0 Å². The van der Waals surface area contributed by atoms with Crippen LogP contribution < -0.4 is 4.74 Å². The number of thiophene rings is 1. The van der Waals surface area contributed by atoms with Crippen molar-refractivity contribution in [2.45, 2.75) is 25.4 Å².